The normalized spacial score (nSPS) is 13.3. The van der Waals surface area contributed by atoms with Gasteiger partial charge in [0.05, 0.1) is 17.0 Å². The minimum absolute atomic E-state index is 0.0180. The van der Waals surface area contributed by atoms with Crippen LogP contribution in [0.15, 0.2) is 48.5 Å². The third-order valence-corrected chi connectivity index (χ3v) is 3.78. The molecule has 1 amide bonds. The van der Waals surface area contributed by atoms with Gasteiger partial charge in [-0.1, -0.05) is 37.3 Å². The molecule has 1 atom stereocenters. The minimum atomic E-state index is -4.97. The number of halogens is 6. The van der Waals surface area contributed by atoms with Crippen LogP contribution in [-0.2, 0) is 17.1 Å². The van der Waals surface area contributed by atoms with Crippen molar-refractivity contribution in [1.29, 1.82) is 0 Å². The Hall–Kier alpha value is -2.51. The average Bonchev–Trinajstić information content (AvgIpc) is 2.54. The van der Waals surface area contributed by atoms with Crippen molar-refractivity contribution in [3.8, 4) is 0 Å². The molecule has 0 fully saturated rings. The SMILES string of the molecule is CC[C@@H](C(=O)Nc1cc(C(F)(F)F)cc(C(F)(F)F)c1)c1ccccc1. The van der Waals surface area contributed by atoms with Gasteiger partial charge in [-0.2, -0.15) is 26.3 Å². The molecule has 2 aromatic rings. The number of alkyl halides is 6. The van der Waals surface area contributed by atoms with Gasteiger partial charge in [-0.25, -0.2) is 0 Å². The highest BCUT2D eigenvalue weighted by molar-refractivity contribution is 5.96. The van der Waals surface area contributed by atoms with Crippen LogP contribution in [0, 0.1) is 0 Å². The first-order valence-electron chi connectivity index (χ1n) is 7.67. The fourth-order valence-corrected chi connectivity index (χ4v) is 2.51. The van der Waals surface area contributed by atoms with E-state index in [1.807, 2.05) is 0 Å². The number of carbonyl (C=O) groups is 1. The van der Waals surface area contributed by atoms with E-state index in [1.54, 1.807) is 37.3 Å². The zero-order valence-corrected chi connectivity index (χ0v) is 13.6. The summed E-state index contributed by atoms with van der Waals surface area (Å²) in [6.07, 6.45) is -9.60. The molecule has 2 nitrogen and oxygen atoms in total. The smallest absolute Gasteiger partial charge is 0.326 e. The van der Waals surface area contributed by atoms with Crippen molar-refractivity contribution in [2.45, 2.75) is 31.6 Å². The van der Waals surface area contributed by atoms with Crippen LogP contribution >= 0.6 is 0 Å². The summed E-state index contributed by atoms with van der Waals surface area (Å²) in [5.41, 5.74) is -2.88. The molecule has 0 aliphatic rings. The van der Waals surface area contributed by atoms with Crippen molar-refractivity contribution in [2.75, 3.05) is 5.32 Å². The third kappa shape index (κ3) is 4.77. The van der Waals surface area contributed by atoms with Gasteiger partial charge in [0.15, 0.2) is 0 Å². The lowest BCUT2D eigenvalue weighted by Crippen LogP contribution is -2.21. The Morgan fingerprint density at radius 2 is 1.42 bits per heavy atom. The highest BCUT2D eigenvalue weighted by Gasteiger charge is 2.37. The number of rotatable bonds is 4. The van der Waals surface area contributed by atoms with Crippen LogP contribution in [0.3, 0.4) is 0 Å². The lowest BCUT2D eigenvalue weighted by Gasteiger charge is -2.18. The predicted molar refractivity (Wildman–Crippen MR) is 84.5 cm³/mol. The maximum atomic E-state index is 12.9. The second kappa shape index (κ2) is 7.39. The van der Waals surface area contributed by atoms with E-state index in [9.17, 15) is 31.1 Å². The fraction of sp³-hybridized carbons (Fsp3) is 0.278. The highest BCUT2D eigenvalue weighted by atomic mass is 19.4. The Bertz CT molecular complexity index is 735. The molecular formula is C18H15F6NO. The Morgan fingerprint density at radius 3 is 1.85 bits per heavy atom. The first kappa shape index (κ1) is 19.8. The molecule has 2 rings (SSSR count). The summed E-state index contributed by atoms with van der Waals surface area (Å²) in [5.74, 6) is -1.37. The van der Waals surface area contributed by atoms with Crippen molar-refractivity contribution >= 4 is 11.6 Å². The van der Waals surface area contributed by atoms with Crippen LogP contribution in [0.1, 0.15) is 36.0 Å². The van der Waals surface area contributed by atoms with Gasteiger partial charge in [0.1, 0.15) is 0 Å². The van der Waals surface area contributed by atoms with Crippen LogP contribution in [0.2, 0.25) is 0 Å². The number of hydrogen-bond acceptors (Lipinski definition) is 1. The molecule has 0 spiro atoms. The first-order chi connectivity index (χ1) is 12.0. The molecule has 0 aliphatic carbocycles. The average molecular weight is 375 g/mol. The number of benzene rings is 2. The van der Waals surface area contributed by atoms with Crippen molar-refractivity contribution in [3.05, 3.63) is 65.2 Å². The predicted octanol–water partition coefficient (Wildman–Crippen LogP) is 5.86. The van der Waals surface area contributed by atoms with Gasteiger partial charge in [0.25, 0.3) is 0 Å². The van der Waals surface area contributed by atoms with E-state index in [0.717, 1.165) is 0 Å². The quantitative estimate of drug-likeness (QED) is 0.667. The molecule has 0 bridgehead atoms. The van der Waals surface area contributed by atoms with Gasteiger partial charge >= 0.3 is 12.4 Å². The zero-order valence-electron chi connectivity index (χ0n) is 13.6. The van der Waals surface area contributed by atoms with Gasteiger partial charge < -0.3 is 5.32 Å². The van der Waals surface area contributed by atoms with Gasteiger partial charge in [0.2, 0.25) is 5.91 Å². The second-order valence-corrected chi connectivity index (χ2v) is 5.66. The molecule has 0 unspecified atom stereocenters. The van der Waals surface area contributed by atoms with Crippen molar-refractivity contribution < 1.29 is 31.1 Å². The van der Waals surface area contributed by atoms with Crippen LogP contribution in [0.25, 0.3) is 0 Å². The Labute approximate surface area is 145 Å². The highest BCUT2D eigenvalue weighted by Crippen LogP contribution is 2.37. The standard InChI is InChI=1S/C18H15F6NO/c1-2-15(11-6-4-3-5-7-11)16(26)25-14-9-12(17(19,20)21)8-13(10-14)18(22,23)24/h3-10,15H,2H2,1H3,(H,25,26)/t15-/m1/s1. The summed E-state index contributed by atoms with van der Waals surface area (Å²) >= 11 is 0. The van der Waals surface area contributed by atoms with Crippen molar-refractivity contribution in [2.24, 2.45) is 0 Å². The van der Waals surface area contributed by atoms with E-state index in [-0.39, 0.29) is 6.07 Å². The van der Waals surface area contributed by atoms with E-state index >= 15 is 0 Å². The van der Waals surface area contributed by atoms with Crippen LogP contribution in [-0.4, -0.2) is 5.91 Å². The van der Waals surface area contributed by atoms with Crippen molar-refractivity contribution in [1.82, 2.24) is 0 Å². The summed E-state index contributed by atoms with van der Waals surface area (Å²) in [6.45, 7) is 1.70. The fourth-order valence-electron chi connectivity index (χ4n) is 2.51. The summed E-state index contributed by atoms with van der Waals surface area (Å²) < 4.78 is 77.3. The molecular weight excluding hydrogens is 360 g/mol. The van der Waals surface area contributed by atoms with E-state index in [2.05, 4.69) is 5.32 Å². The Morgan fingerprint density at radius 1 is 0.923 bits per heavy atom. The number of nitrogens with one attached hydrogen (secondary N) is 1. The second-order valence-electron chi connectivity index (χ2n) is 5.66. The minimum Gasteiger partial charge on any atom is -0.326 e. The van der Waals surface area contributed by atoms with E-state index in [4.69, 9.17) is 0 Å². The van der Waals surface area contributed by atoms with Crippen LogP contribution < -0.4 is 5.32 Å². The third-order valence-electron chi connectivity index (χ3n) is 3.78. The number of hydrogen-bond donors (Lipinski definition) is 1. The Kier molecular flexibility index (Phi) is 5.63. The van der Waals surface area contributed by atoms with Crippen LogP contribution in [0.4, 0.5) is 32.0 Å². The number of anilines is 1. The lowest BCUT2D eigenvalue weighted by atomic mass is 9.95. The molecule has 2 aromatic carbocycles. The summed E-state index contributed by atoms with van der Waals surface area (Å²) in [5, 5.41) is 2.18. The maximum Gasteiger partial charge on any atom is 0.416 e. The number of amides is 1. The lowest BCUT2D eigenvalue weighted by molar-refractivity contribution is -0.143. The first-order valence-corrected chi connectivity index (χ1v) is 7.67. The summed E-state index contributed by atoms with van der Waals surface area (Å²) in [6, 6.07) is 9.45. The molecule has 0 saturated carbocycles. The summed E-state index contributed by atoms with van der Waals surface area (Å²) in [7, 11) is 0. The van der Waals surface area contributed by atoms with Crippen molar-refractivity contribution in [3.63, 3.8) is 0 Å². The van der Waals surface area contributed by atoms with Gasteiger partial charge in [-0.15, -0.1) is 0 Å². The zero-order chi connectivity index (χ0) is 19.5. The molecule has 0 radical (unpaired) electrons. The molecule has 8 heteroatoms. The Balaban J connectivity index is 2.37. The topological polar surface area (TPSA) is 29.1 Å². The summed E-state index contributed by atoms with van der Waals surface area (Å²) in [4.78, 5) is 12.4. The molecule has 1 N–H and O–H groups in total. The molecule has 0 aromatic heterocycles. The molecule has 0 aliphatic heterocycles. The van der Waals surface area contributed by atoms with Crippen LogP contribution in [0.5, 0.6) is 0 Å². The molecule has 26 heavy (non-hydrogen) atoms. The molecule has 140 valence electrons. The number of carbonyl (C=O) groups excluding carboxylic acids is 1. The van der Waals surface area contributed by atoms with Gasteiger partial charge in [-0.3, -0.25) is 4.79 Å². The van der Waals surface area contributed by atoms with Gasteiger partial charge in [0, 0.05) is 5.69 Å². The van der Waals surface area contributed by atoms with E-state index in [0.29, 0.717) is 24.1 Å². The molecule has 0 saturated heterocycles. The van der Waals surface area contributed by atoms with E-state index in [1.165, 1.54) is 0 Å². The monoisotopic (exact) mass is 375 g/mol. The molecule has 0 heterocycles. The van der Waals surface area contributed by atoms with E-state index < -0.39 is 41.0 Å². The largest absolute Gasteiger partial charge is 0.416 e. The maximum absolute atomic E-state index is 12.9. The van der Waals surface area contributed by atoms with Gasteiger partial charge in [-0.05, 0) is 30.2 Å².